The highest BCUT2D eigenvalue weighted by atomic mass is 32.1. The molecule has 0 aliphatic rings. The third-order valence-electron chi connectivity index (χ3n) is 2.28. The largest absolute Gasteiger partial charge is 0.351 e. The van der Waals surface area contributed by atoms with Gasteiger partial charge in [-0.3, -0.25) is 10.1 Å². The summed E-state index contributed by atoms with van der Waals surface area (Å²) in [5.74, 6) is 0.00306. The molecule has 0 aliphatic heterocycles. The number of rotatable bonds is 6. The van der Waals surface area contributed by atoms with E-state index >= 15 is 0 Å². The third kappa shape index (κ3) is 3.79. The molecule has 0 radical (unpaired) electrons. The highest BCUT2D eigenvalue weighted by Crippen LogP contribution is 2.18. The second-order valence-electron chi connectivity index (χ2n) is 3.66. The first-order valence-electron chi connectivity index (χ1n) is 5.33. The lowest BCUT2D eigenvalue weighted by atomic mass is 10.2. The van der Waals surface area contributed by atoms with Gasteiger partial charge in [0.25, 0.3) is 0 Å². The Morgan fingerprint density at radius 1 is 1.62 bits per heavy atom. The van der Waals surface area contributed by atoms with Crippen LogP contribution in [-0.4, -0.2) is 18.5 Å². The maximum absolute atomic E-state index is 11.6. The minimum absolute atomic E-state index is 0.00306. The Hall–Kier alpha value is -1.13. The van der Waals surface area contributed by atoms with E-state index in [1.165, 1.54) is 4.88 Å². The number of nitrogens with one attached hydrogen (secondary N) is 2. The minimum Gasteiger partial charge on any atom is -0.351 e. The van der Waals surface area contributed by atoms with Crippen LogP contribution in [-0.2, 0) is 4.79 Å². The van der Waals surface area contributed by atoms with Crippen molar-refractivity contribution in [3.8, 4) is 0 Å². The number of hydrogen-bond donors (Lipinski definition) is 2. The monoisotopic (exact) mass is 238 g/mol. The normalized spacial score (nSPS) is 14.1. The van der Waals surface area contributed by atoms with E-state index in [-0.39, 0.29) is 18.0 Å². The summed E-state index contributed by atoms with van der Waals surface area (Å²) in [5, 5.41) is 8.06. The van der Waals surface area contributed by atoms with Crippen molar-refractivity contribution in [2.45, 2.75) is 25.9 Å². The summed E-state index contributed by atoms with van der Waals surface area (Å²) in [6, 6.07) is 4.08. The molecular formula is C12H18N2OS. The van der Waals surface area contributed by atoms with Crippen molar-refractivity contribution in [1.82, 2.24) is 10.6 Å². The van der Waals surface area contributed by atoms with E-state index in [2.05, 4.69) is 30.2 Å². The molecular weight excluding hydrogens is 220 g/mol. The summed E-state index contributed by atoms with van der Waals surface area (Å²) in [6.07, 6.45) is 1.67. The van der Waals surface area contributed by atoms with E-state index in [1.807, 2.05) is 18.4 Å². The standard InChI is InChI=1S/C12H18N2OS/c1-4-7-13-12(15)10(3)14-9(2)11-6-5-8-16-11/h4-6,8-10,14H,1,7H2,2-3H3,(H,13,15)/t9-,10?/m0/s1. The van der Waals surface area contributed by atoms with Crippen LogP contribution in [0, 0.1) is 0 Å². The van der Waals surface area contributed by atoms with Gasteiger partial charge in [0.15, 0.2) is 0 Å². The smallest absolute Gasteiger partial charge is 0.237 e. The van der Waals surface area contributed by atoms with Crippen LogP contribution in [0.15, 0.2) is 30.2 Å². The molecule has 16 heavy (non-hydrogen) atoms. The maximum Gasteiger partial charge on any atom is 0.237 e. The molecule has 0 aliphatic carbocycles. The fraction of sp³-hybridized carbons (Fsp3) is 0.417. The Labute approximate surface area is 101 Å². The molecule has 1 heterocycles. The number of hydrogen-bond acceptors (Lipinski definition) is 3. The van der Waals surface area contributed by atoms with E-state index in [0.717, 1.165) is 0 Å². The summed E-state index contributed by atoms with van der Waals surface area (Å²) < 4.78 is 0. The summed E-state index contributed by atoms with van der Waals surface area (Å²) in [4.78, 5) is 12.8. The first kappa shape index (κ1) is 12.9. The topological polar surface area (TPSA) is 41.1 Å². The van der Waals surface area contributed by atoms with Crippen LogP contribution in [0.1, 0.15) is 24.8 Å². The SMILES string of the molecule is C=CCNC(=O)C(C)N[C@@H](C)c1cccs1. The Kier molecular flexibility index (Phi) is 5.22. The summed E-state index contributed by atoms with van der Waals surface area (Å²) in [6.45, 7) is 7.99. The molecule has 2 N–H and O–H groups in total. The lowest BCUT2D eigenvalue weighted by molar-refractivity contribution is -0.122. The molecule has 1 aromatic heterocycles. The summed E-state index contributed by atoms with van der Waals surface area (Å²) in [5.41, 5.74) is 0. The zero-order chi connectivity index (χ0) is 12.0. The average Bonchev–Trinajstić information content (AvgIpc) is 2.79. The van der Waals surface area contributed by atoms with Crippen LogP contribution >= 0.6 is 11.3 Å². The number of thiophene rings is 1. The molecule has 1 unspecified atom stereocenters. The molecule has 0 fully saturated rings. The second-order valence-corrected chi connectivity index (χ2v) is 4.64. The molecule has 88 valence electrons. The van der Waals surface area contributed by atoms with Crippen LogP contribution in [0.5, 0.6) is 0 Å². The number of amides is 1. The van der Waals surface area contributed by atoms with Crippen LogP contribution in [0.25, 0.3) is 0 Å². The van der Waals surface area contributed by atoms with Gasteiger partial charge in [-0.1, -0.05) is 12.1 Å². The summed E-state index contributed by atoms with van der Waals surface area (Å²) >= 11 is 1.69. The molecule has 4 heteroatoms. The molecule has 0 aromatic carbocycles. The lowest BCUT2D eigenvalue weighted by Gasteiger charge is -2.18. The molecule has 0 saturated heterocycles. The van der Waals surface area contributed by atoms with E-state index in [1.54, 1.807) is 17.4 Å². The summed E-state index contributed by atoms with van der Waals surface area (Å²) in [7, 11) is 0. The number of carbonyl (C=O) groups is 1. The van der Waals surface area contributed by atoms with Crippen molar-refractivity contribution in [3.63, 3.8) is 0 Å². The molecule has 1 aromatic rings. The maximum atomic E-state index is 11.6. The van der Waals surface area contributed by atoms with E-state index in [9.17, 15) is 4.79 Å². The fourth-order valence-electron chi connectivity index (χ4n) is 1.40. The van der Waals surface area contributed by atoms with Gasteiger partial charge in [0.05, 0.1) is 6.04 Å². The van der Waals surface area contributed by atoms with Crippen molar-refractivity contribution in [1.29, 1.82) is 0 Å². The van der Waals surface area contributed by atoms with Gasteiger partial charge < -0.3 is 5.32 Å². The van der Waals surface area contributed by atoms with Gasteiger partial charge in [-0.15, -0.1) is 17.9 Å². The highest BCUT2D eigenvalue weighted by molar-refractivity contribution is 7.10. The average molecular weight is 238 g/mol. The molecule has 0 spiro atoms. The molecule has 1 rings (SSSR count). The Bertz CT molecular complexity index is 335. The van der Waals surface area contributed by atoms with Gasteiger partial charge in [-0.2, -0.15) is 0 Å². The van der Waals surface area contributed by atoms with Gasteiger partial charge in [0.1, 0.15) is 0 Å². The minimum atomic E-state index is -0.197. The Morgan fingerprint density at radius 3 is 2.94 bits per heavy atom. The van der Waals surface area contributed by atoms with Gasteiger partial charge in [-0.25, -0.2) is 0 Å². The molecule has 1 amide bonds. The third-order valence-corrected chi connectivity index (χ3v) is 3.34. The van der Waals surface area contributed by atoms with Crippen molar-refractivity contribution in [2.24, 2.45) is 0 Å². The quantitative estimate of drug-likeness (QED) is 0.745. The van der Waals surface area contributed by atoms with Crippen molar-refractivity contribution in [3.05, 3.63) is 35.0 Å². The zero-order valence-corrected chi connectivity index (χ0v) is 10.5. The van der Waals surface area contributed by atoms with Crippen molar-refractivity contribution >= 4 is 17.2 Å². The van der Waals surface area contributed by atoms with Crippen molar-refractivity contribution < 1.29 is 4.79 Å². The predicted octanol–water partition coefficient (Wildman–Crippen LogP) is 2.09. The molecule has 0 bridgehead atoms. The van der Waals surface area contributed by atoms with Crippen molar-refractivity contribution in [2.75, 3.05) is 6.54 Å². The van der Waals surface area contributed by atoms with Crippen LogP contribution in [0.2, 0.25) is 0 Å². The molecule has 3 nitrogen and oxygen atoms in total. The first-order chi connectivity index (χ1) is 7.65. The van der Waals surface area contributed by atoms with Gasteiger partial charge in [0, 0.05) is 17.5 Å². The Balaban J connectivity index is 2.41. The lowest BCUT2D eigenvalue weighted by Crippen LogP contribution is -2.42. The highest BCUT2D eigenvalue weighted by Gasteiger charge is 2.15. The van der Waals surface area contributed by atoms with Crippen LogP contribution < -0.4 is 10.6 Å². The van der Waals surface area contributed by atoms with Gasteiger partial charge in [-0.05, 0) is 25.3 Å². The zero-order valence-electron chi connectivity index (χ0n) is 9.69. The molecule has 2 atom stereocenters. The molecule has 0 saturated carbocycles. The number of carbonyl (C=O) groups excluding carboxylic acids is 1. The van der Waals surface area contributed by atoms with Crippen LogP contribution in [0.4, 0.5) is 0 Å². The van der Waals surface area contributed by atoms with Gasteiger partial charge >= 0.3 is 0 Å². The predicted molar refractivity (Wildman–Crippen MR) is 68.5 cm³/mol. The van der Waals surface area contributed by atoms with Gasteiger partial charge in [0.2, 0.25) is 5.91 Å². The van der Waals surface area contributed by atoms with Crippen LogP contribution in [0.3, 0.4) is 0 Å². The van der Waals surface area contributed by atoms with E-state index < -0.39 is 0 Å². The second kappa shape index (κ2) is 6.45. The van der Waals surface area contributed by atoms with E-state index in [4.69, 9.17) is 0 Å². The first-order valence-corrected chi connectivity index (χ1v) is 6.21. The Morgan fingerprint density at radius 2 is 2.38 bits per heavy atom. The fourth-order valence-corrected chi connectivity index (χ4v) is 2.14. The van der Waals surface area contributed by atoms with E-state index in [0.29, 0.717) is 6.54 Å².